The van der Waals surface area contributed by atoms with Gasteiger partial charge in [-0.15, -0.1) is 0 Å². The zero-order valence-electron chi connectivity index (χ0n) is 15.8. The second kappa shape index (κ2) is 6.77. The molecule has 1 atom stereocenters. The van der Waals surface area contributed by atoms with E-state index in [2.05, 4.69) is 16.9 Å². The summed E-state index contributed by atoms with van der Waals surface area (Å²) in [5.41, 5.74) is 4.01. The van der Waals surface area contributed by atoms with E-state index in [1.807, 2.05) is 41.1 Å². The fourth-order valence-corrected chi connectivity index (χ4v) is 3.98. The predicted molar refractivity (Wildman–Crippen MR) is 106 cm³/mol. The average Bonchev–Trinajstić information content (AvgIpc) is 3.31. The lowest BCUT2D eigenvalue weighted by atomic mass is 10.0. The highest BCUT2D eigenvalue weighted by atomic mass is 16.5. The summed E-state index contributed by atoms with van der Waals surface area (Å²) in [7, 11) is 0. The first-order chi connectivity index (χ1) is 14.1. The molecule has 0 saturated carbocycles. The van der Waals surface area contributed by atoms with E-state index in [1.54, 1.807) is 17.2 Å². The lowest BCUT2D eigenvalue weighted by Crippen LogP contribution is -2.49. The van der Waals surface area contributed by atoms with Crippen LogP contribution in [0.5, 0.6) is 5.75 Å². The average molecular weight is 388 g/mol. The topological polar surface area (TPSA) is 75.9 Å². The molecule has 5 rings (SSSR count). The Morgan fingerprint density at radius 2 is 2.14 bits per heavy atom. The standard InChI is InChI=1S/C22H20N4O3/c1-14-5-7-18(21(27)24-14)26-12-17-16(22(26)28)3-2-4-19(17)29-13-15-6-8-20-23-9-10-25(20)11-15/h2-4,6,8-11,18H,1,5,7,12-13H2,(H,24,27). The molecule has 2 aliphatic heterocycles. The lowest BCUT2D eigenvalue weighted by molar-refractivity contribution is -0.126. The number of fused-ring (bicyclic) bond motifs is 2. The molecule has 1 aromatic carbocycles. The van der Waals surface area contributed by atoms with E-state index in [0.717, 1.165) is 16.8 Å². The third kappa shape index (κ3) is 3.04. The minimum atomic E-state index is -0.475. The number of rotatable bonds is 4. The molecule has 2 aromatic heterocycles. The van der Waals surface area contributed by atoms with Gasteiger partial charge < -0.3 is 19.4 Å². The highest BCUT2D eigenvalue weighted by molar-refractivity contribution is 6.02. The van der Waals surface area contributed by atoms with Crippen LogP contribution < -0.4 is 10.1 Å². The van der Waals surface area contributed by atoms with Gasteiger partial charge in [-0.3, -0.25) is 9.59 Å². The first kappa shape index (κ1) is 17.5. The second-order valence-electron chi connectivity index (χ2n) is 7.38. The summed E-state index contributed by atoms with van der Waals surface area (Å²) in [6, 6.07) is 8.92. The summed E-state index contributed by atoms with van der Waals surface area (Å²) in [6.07, 6.45) is 6.88. The number of allylic oxidation sites excluding steroid dienone is 1. The summed E-state index contributed by atoms with van der Waals surface area (Å²) in [4.78, 5) is 31.2. The van der Waals surface area contributed by atoms with E-state index >= 15 is 0 Å². The molecular weight excluding hydrogens is 368 g/mol. The number of ether oxygens (including phenoxy) is 1. The normalized spacial score (nSPS) is 18.8. The number of piperidine rings is 1. The molecule has 1 N–H and O–H groups in total. The molecule has 0 radical (unpaired) electrons. The molecule has 0 bridgehead atoms. The van der Waals surface area contributed by atoms with Gasteiger partial charge >= 0.3 is 0 Å². The largest absolute Gasteiger partial charge is 0.488 e. The number of carbonyl (C=O) groups is 2. The quantitative estimate of drug-likeness (QED) is 0.746. The molecule has 1 fully saturated rings. The van der Waals surface area contributed by atoms with Crippen LogP contribution in [0.15, 0.2) is 61.2 Å². The Bertz CT molecular complexity index is 1150. The van der Waals surface area contributed by atoms with Crippen LogP contribution in [-0.2, 0) is 17.9 Å². The van der Waals surface area contributed by atoms with E-state index in [1.165, 1.54) is 0 Å². The van der Waals surface area contributed by atoms with Crippen molar-refractivity contribution in [2.75, 3.05) is 0 Å². The van der Waals surface area contributed by atoms with Crippen molar-refractivity contribution in [1.29, 1.82) is 0 Å². The van der Waals surface area contributed by atoms with E-state index in [-0.39, 0.29) is 11.8 Å². The van der Waals surface area contributed by atoms with Gasteiger partial charge in [-0.25, -0.2) is 4.98 Å². The maximum atomic E-state index is 12.9. The van der Waals surface area contributed by atoms with Gasteiger partial charge in [0.25, 0.3) is 5.91 Å². The number of imidazole rings is 1. The molecule has 2 amide bonds. The van der Waals surface area contributed by atoms with Crippen LogP contribution in [0.2, 0.25) is 0 Å². The Morgan fingerprint density at radius 3 is 3.00 bits per heavy atom. The van der Waals surface area contributed by atoms with Crippen LogP contribution in [0.1, 0.15) is 34.3 Å². The minimum Gasteiger partial charge on any atom is -0.488 e. The van der Waals surface area contributed by atoms with Crippen LogP contribution >= 0.6 is 0 Å². The number of aromatic nitrogens is 2. The molecule has 146 valence electrons. The van der Waals surface area contributed by atoms with Crippen LogP contribution in [0, 0.1) is 0 Å². The summed E-state index contributed by atoms with van der Waals surface area (Å²) >= 11 is 0. The van der Waals surface area contributed by atoms with Crippen molar-refractivity contribution in [3.05, 3.63) is 77.9 Å². The monoisotopic (exact) mass is 388 g/mol. The molecular formula is C22H20N4O3. The van der Waals surface area contributed by atoms with Gasteiger partial charge in [0, 0.05) is 41.0 Å². The SMILES string of the molecule is C=C1CCC(N2Cc3c(OCc4ccc5nccn5c4)cccc3C2=O)C(=O)N1. The first-order valence-electron chi connectivity index (χ1n) is 9.56. The third-order valence-electron chi connectivity index (χ3n) is 5.50. The zero-order chi connectivity index (χ0) is 20.0. The van der Waals surface area contributed by atoms with Crippen molar-refractivity contribution in [3.8, 4) is 5.75 Å². The third-order valence-corrected chi connectivity index (χ3v) is 5.50. The number of hydrogen-bond donors (Lipinski definition) is 1. The molecule has 7 heteroatoms. The van der Waals surface area contributed by atoms with Gasteiger partial charge in [0.05, 0.1) is 6.54 Å². The van der Waals surface area contributed by atoms with Crippen molar-refractivity contribution < 1.29 is 14.3 Å². The molecule has 29 heavy (non-hydrogen) atoms. The Kier molecular flexibility index (Phi) is 4.08. The summed E-state index contributed by atoms with van der Waals surface area (Å²) < 4.78 is 8.00. The number of pyridine rings is 1. The van der Waals surface area contributed by atoms with E-state index < -0.39 is 6.04 Å². The maximum Gasteiger partial charge on any atom is 0.255 e. The minimum absolute atomic E-state index is 0.127. The molecule has 4 heterocycles. The second-order valence-corrected chi connectivity index (χ2v) is 7.38. The number of hydrogen-bond acceptors (Lipinski definition) is 4. The summed E-state index contributed by atoms with van der Waals surface area (Å²) in [5, 5.41) is 2.76. The molecule has 1 unspecified atom stereocenters. The van der Waals surface area contributed by atoms with Gasteiger partial charge in [-0.2, -0.15) is 0 Å². The number of amides is 2. The van der Waals surface area contributed by atoms with Gasteiger partial charge in [0.2, 0.25) is 5.91 Å². The highest BCUT2D eigenvalue weighted by Gasteiger charge is 2.39. The fraction of sp³-hybridized carbons (Fsp3) is 0.227. The van der Waals surface area contributed by atoms with Crippen LogP contribution in [0.25, 0.3) is 5.65 Å². The van der Waals surface area contributed by atoms with Crippen molar-refractivity contribution >= 4 is 17.5 Å². The molecule has 1 saturated heterocycles. The smallest absolute Gasteiger partial charge is 0.255 e. The van der Waals surface area contributed by atoms with Crippen LogP contribution in [-0.4, -0.2) is 32.1 Å². The van der Waals surface area contributed by atoms with Gasteiger partial charge in [0.15, 0.2) is 0 Å². The highest BCUT2D eigenvalue weighted by Crippen LogP contribution is 2.34. The molecule has 2 aliphatic rings. The van der Waals surface area contributed by atoms with Crippen LogP contribution in [0.4, 0.5) is 0 Å². The van der Waals surface area contributed by atoms with E-state index in [0.29, 0.717) is 43.0 Å². The van der Waals surface area contributed by atoms with Crippen molar-refractivity contribution in [2.24, 2.45) is 0 Å². The molecule has 0 spiro atoms. The number of nitrogens with zero attached hydrogens (tertiary/aromatic N) is 3. The predicted octanol–water partition coefficient (Wildman–Crippen LogP) is 2.66. The van der Waals surface area contributed by atoms with Crippen molar-refractivity contribution in [3.63, 3.8) is 0 Å². The number of benzene rings is 1. The molecule has 0 aliphatic carbocycles. The van der Waals surface area contributed by atoms with Crippen molar-refractivity contribution in [2.45, 2.75) is 32.0 Å². The Hall–Kier alpha value is -3.61. The van der Waals surface area contributed by atoms with Gasteiger partial charge in [-0.05, 0) is 31.0 Å². The Labute approximate surface area is 167 Å². The molecule has 3 aromatic rings. The van der Waals surface area contributed by atoms with Crippen molar-refractivity contribution in [1.82, 2.24) is 19.6 Å². The van der Waals surface area contributed by atoms with Gasteiger partial charge in [-0.1, -0.05) is 18.7 Å². The fourth-order valence-electron chi connectivity index (χ4n) is 3.98. The van der Waals surface area contributed by atoms with E-state index in [9.17, 15) is 9.59 Å². The lowest BCUT2D eigenvalue weighted by Gasteiger charge is -2.31. The Balaban J connectivity index is 1.36. The first-order valence-corrected chi connectivity index (χ1v) is 9.56. The Morgan fingerprint density at radius 1 is 1.24 bits per heavy atom. The zero-order valence-corrected chi connectivity index (χ0v) is 15.8. The number of nitrogens with one attached hydrogen (secondary N) is 1. The number of carbonyl (C=O) groups excluding carboxylic acids is 2. The van der Waals surface area contributed by atoms with Crippen LogP contribution in [0.3, 0.4) is 0 Å². The summed E-state index contributed by atoms with van der Waals surface area (Å²) in [5.74, 6) is 0.376. The molecule has 7 nitrogen and oxygen atoms in total. The van der Waals surface area contributed by atoms with Gasteiger partial charge in [0.1, 0.15) is 24.0 Å². The van der Waals surface area contributed by atoms with E-state index in [4.69, 9.17) is 4.74 Å². The maximum absolute atomic E-state index is 12.9. The summed E-state index contributed by atoms with van der Waals surface area (Å²) in [6.45, 7) is 4.55.